The number of aromatic carboxylic acids is 1. The maximum Gasteiger partial charge on any atom is 0.417 e. The minimum atomic E-state index is -4.87. The summed E-state index contributed by atoms with van der Waals surface area (Å²) in [5, 5.41) is 18.1. The molecule has 0 atom stereocenters. The van der Waals surface area contributed by atoms with Crippen LogP contribution in [0.1, 0.15) is 52.0 Å². The first-order chi connectivity index (χ1) is 19.2. The van der Waals surface area contributed by atoms with Crippen molar-refractivity contribution in [2.75, 3.05) is 4.90 Å². The van der Waals surface area contributed by atoms with Crippen molar-refractivity contribution in [1.29, 1.82) is 5.26 Å². The number of imide groups is 1. The van der Waals surface area contributed by atoms with Gasteiger partial charge < -0.3 is 10.0 Å². The molecule has 0 unspecified atom stereocenters. The third-order valence-corrected chi connectivity index (χ3v) is 6.95. The molecular formula is C30H24F3N3O5. The second-order valence-corrected chi connectivity index (χ2v) is 10.1. The number of benzene rings is 3. The Bertz CT molecular complexity index is 1590. The summed E-state index contributed by atoms with van der Waals surface area (Å²) in [6.07, 6.45) is -4.82. The molecule has 0 aliphatic carbocycles. The number of alkyl halides is 3. The maximum absolute atomic E-state index is 13.5. The van der Waals surface area contributed by atoms with E-state index in [-0.39, 0.29) is 36.4 Å². The van der Waals surface area contributed by atoms with E-state index in [4.69, 9.17) is 10.4 Å². The second kappa shape index (κ2) is 10.9. The predicted octanol–water partition coefficient (Wildman–Crippen LogP) is 5.38. The summed E-state index contributed by atoms with van der Waals surface area (Å²) >= 11 is 0. The zero-order valence-electron chi connectivity index (χ0n) is 22.0. The Labute approximate surface area is 233 Å². The molecule has 0 saturated carbocycles. The Kier molecular flexibility index (Phi) is 7.70. The Morgan fingerprint density at radius 2 is 1.59 bits per heavy atom. The van der Waals surface area contributed by atoms with Crippen molar-refractivity contribution in [3.63, 3.8) is 0 Å². The van der Waals surface area contributed by atoms with Crippen LogP contribution in [0.5, 0.6) is 0 Å². The molecule has 0 bridgehead atoms. The number of carboxylic acids is 1. The first-order valence-corrected chi connectivity index (χ1v) is 12.4. The molecule has 3 amide bonds. The summed E-state index contributed by atoms with van der Waals surface area (Å²) in [5.41, 5.74) is -1.70. The molecule has 4 rings (SSSR count). The van der Waals surface area contributed by atoms with E-state index in [0.29, 0.717) is 27.7 Å². The normalized spacial score (nSPS) is 14.7. The summed E-state index contributed by atoms with van der Waals surface area (Å²) in [4.78, 5) is 52.6. The van der Waals surface area contributed by atoms with Crippen molar-refractivity contribution in [1.82, 2.24) is 4.90 Å². The Hall–Kier alpha value is -4.98. The Morgan fingerprint density at radius 1 is 0.951 bits per heavy atom. The summed E-state index contributed by atoms with van der Waals surface area (Å²) in [6.45, 7) is 2.87. The van der Waals surface area contributed by atoms with Crippen molar-refractivity contribution >= 4 is 29.4 Å². The van der Waals surface area contributed by atoms with Gasteiger partial charge in [-0.1, -0.05) is 36.4 Å². The molecule has 0 radical (unpaired) electrons. The van der Waals surface area contributed by atoms with E-state index in [9.17, 15) is 32.3 Å². The lowest BCUT2D eigenvalue weighted by Crippen LogP contribution is -2.43. The summed E-state index contributed by atoms with van der Waals surface area (Å²) in [5.74, 6) is -1.98. The number of hydrogen-bond donors (Lipinski definition) is 1. The van der Waals surface area contributed by atoms with Gasteiger partial charge in [-0.05, 0) is 60.9 Å². The highest BCUT2D eigenvalue weighted by Crippen LogP contribution is 2.38. The number of ketones is 1. The smallest absolute Gasteiger partial charge is 0.417 e. The SMILES string of the molecule is CC1(C)C(=O)N(c2ccc(C#N)c(C(F)(F)F)c2)C(=O)N1Cc1ccccc1CC(=O)Cc1ccc(C(=O)O)cc1. The highest BCUT2D eigenvalue weighted by Gasteiger charge is 2.52. The number of rotatable bonds is 8. The molecule has 1 heterocycles. The van der Waals surface area contributed by atoms with Crippen LogP contribution in [0, 0.1) is 11.3 Å². The largest absolute Gasteiger partial charge is 0.478 e. The van der Waals surface area contributed by atoms with Crippen molar-refractivity contribution in [3.05, 3.63) is 100 Å². The molecule has 1 N–H and O–H groups in total. The third kappa shape index (κ3) is 5.82. The number of hydrogen-bond acceptors (Lipinski definition) is 5. The molecule has 41 heavy (non-hydrogen) atoms. The van der Waals surface area contributed by atoms with E-state index in [1.54, 1.807) is 36.4 Å². The first-order valence-electron chi connectivity index (χ1n) is 12.4. The van der Waals surface area contributed by atoms with Gasteiger partial charge in [-0.15, -0.1) is 0 Å². The van der Waals surface area contributed by atoms with Crippen LogP contribution in [0.4, 0.5) is 23.7 Å². The van der Waals surface area contributed by atoms with Crippen LogP contribution in [0.2, 0.25) is 0 Å². The van der Waals surface area contributed by atoms with Crippen molar-refractivity contribution in [2.45, 2.75) is 44.9 Å². The highest BCUT2D eigenvalue weighted by atomic mass is 19.4. The summed E-state index contributed by atoms with van der Waals surface area (Å²) in [6, 6.07) is 16.1. The predicted molar refractivity (Wildman–Crippen MR) is 141 cm³/mol. The van der Waals surface area contributed by atoms with Gasteiger partial charge in [0.05, 0.1) is 28.4 Å². The van der Waals surface area contributed by atoms with Gasteiger partial charge in [-0.3, -0.25) is 9.59 Å². The number of nitriles is 1. The van der Waals surface area contributed by atoms with E-state index >= 15 is 0 Å². The molecule has 1 saturated heterocycles. The monoisotopic (exact) mass is 563 g/mol. The van der Waals surface area contributed by atoms with Crippen LogP contribution < -0.4 is 4.90 Å². The topological polar surface area (TPSA) is 119 Å². The van der Waals surface area contributed by atoms with Crippen LogP contribution >= 0.6 is 0 Å². The van der Waals surface area contributed by atoms with Gasteiger partial charge in [0.2, 0.25) is 0 Å². The third-order valence-electron chi connectivity index (χ3n) is 6.95. The van der Waals surface area contributed by atoms with E-state index in [1.165, 1.54) is 36.9 Å². The molecule has 1 aliphatic rings. The molecule has 1 fully saturated rings. The lowest BCUT2D eigenvalue weighted by Gasteiger charge is -2.28. The number of urea groups is 1. The number of nitrogens with zero attached hydrogens (tertiary/aromatic N) is 3. The fraction of sp³-hybridized carbons (Fsp3) is 0.233. The summed E-state index contributed by atoms with van der Waals surface area (Å²) in [7, 11) is 0. The molecule has 0 aromatic heterocycles. The van der Waals surface area contributed by atoms with Gasteiger partial charge in [-0.25, -0.2) is 14.5 Å². The van der Waals surface area contributed by atoms with Crippen molar-refractivity contribution in [3.8, 4) is 6.07 Å². The number of halogens is 3. The van der Waals surface area contributed by atoms with E-state index < -0.39 is 40.7 Å². The van der Waals surface area contributed by atoms with Crippen molar-refractivity contribution < 1.29 is 37.5 Å². The van der Waals surface area contributed by atoms with E-state index in [1.807, 2.05) is 0 Å². The Morgan fingerprint density at radius 3 is 2.17 bits per heavy atom. The maximum atomic E-state index is 13.5. The zero-order valence-corrected chi connectivity index (χ0v) is 22.0. The number of carboxylic acid groups (broad SMARTS) is 1. The lowest BCUT2D eigenvalue weighted by atomic mass is 9.97. The molecule has 8 nitrogen and oxygen atoms in total. The fourth-order valence-corrected chi connectivity index (χ4v) is 4.65. The van der Waals surface area contributed by atoms with Crippen LogP contribution in [-0.2, 0) is 35.2 Å². The molecule has 0 spiro atoms. The lowest BCUT2D eigenvalue weighted by molar-refractivity contribution is -0.137. The highest BCUT2D eigenvalue weighted by molar-refractivity contribution is 6.23. The standard InChI is InChI=1S/C30H24F3N3O5/c1-29(2)27(40)36(23-12-11-21(16-34)25(15-23)30(31,32)33)28(41)35(29)17-22-6-4-3-5-20(22)14-24(37)13-18-7-9-19(10-8-18)26(38)39/h3-12,15H,13-14,17H2,1-2H3,(H,38,39). The molecule has 210 valence electrons. The van der Waals surface area contributed by atoms with Crippen molar-refractivity contribution in [2.24, 2.45) is 0 Å². The van der Waals surface area contributed by atoms with E-state index in [2.05, 4.69) is 0 Å². The fourth-order valence-electron chi connectivity index (χ4n) is 4.65. The Balaban J connectivity index is 1.57. The van der Waals surface area contributed by atoms with Gasteiger partial charge in [0, 0.05) is 19.4 Å². The van der Waals surface area contributed by atoms with Crippen LogP contribution in [0.15, 0.2) is 66.7 Å². The molecule has 1 aliphatic heterocycles. The van der Waals surface area contributed by atoms with E-state index in [0.717, 1.165) is 12.1 Å². The van der Waals surface area contributed by atoms with Crippen LogP contribution in [-0.4, -0.2) is 39.2 Å². The molecule has 11 heteroatoms. The van der Waals surface area contributed by atoms with Gasteiger partial charge in [0.25, 0.3) is 5.91 Å². The minimum Gasteiger partial charge on any atom is -0.478 e. The number of carbonyl (C=O) groups excluding carboxylic acids is 3. The number of Topliss-reactive ketones (excluding diaryl/α,β-unsaturated/α-hetero) is 1. The summed E-state index contributed by atoms with van der Waals surface area (Å²) < 4.78 is 40.6. The first kappa shape index (κ1) is 29.0. The van der Waals surface area contributed by atoms with Crippen LogP contribution in [0.3, 0.4) is 0 Å². The number of amides is 3. The molecule has 3 aromatic rings. The van der Waals surface area contributed by atoms with Gasteiger partial charge in [-0.2, -0.15) is 18.4 Å². The van der Waals surface area contributed by atoms with Gasteiger partial charge >= 0.3 is 18.2 Å². The van der Waals surface area contributed by atoms with Gasteiger partial charge in [0.1, 0.15) is 11.3 Å². The zero-order chi connectivity index (χ0) is 30.1. The van der Waals surface area contributed by atoms with Crippen LogP contribution in [0.25, 0.3) is 0 Å². The average molecular weight is 564 g/mol. The number of carbonyl (C=O) groups is 4. The number of anilines is 1. The minimum absolute atomic E-state index is 0.00153. The average Bonchev–Trinajstić information content (AvgIpc) is 3.08. The molecule has 3 aromatic carbocycles. The quantitative estimate of drug-likeness (QED) is 0.368. The van der Waals surface area contributed by atoms with Gasteiger partial charge in [0.15, 0.2) is 0 Å². The second-order valence-electron chi connectivity index (χ2n) is 10.1. The molecular weight excluding hydrogens is 539 g/mol.